The van der Waals surface area contributed by atoms with Crippen LogP contribution in [0.5, 0.6) is 5.75 Å². The molecule has 1 heterocycles. The molecule has 1 aliphatic rings. The topological polar surface area (TPSA) is 58.6 Å². The van der Waals surface area contributed by atoms with Crippen LogP contribution in [-0.4, -0.2) is 49.9 Å². The first-order valence-electron chi connectivity index (χ1n) is 7.68. The lowest BCUT2D eigenvalue weighted by Gasteiger charge is -2.32. The zero-order chi connectivity index (χ0) is 16.1. The molecule has 1 fully saturated rings. The van der Waals surface area contributed by atoms with Gasteiger partial charge >= 0.3 is 0 Å². The molecule has 1 saturated heterocycles. The minimum absolute atomic E-state index is 0. The first-order valence-corrected chi connectivity index (χ1v) is 7.68. The van der Waals surface area contributed by atoms with Gasteiger partial charge in [-0.05, 0) is 45.0 Å². The molecular formula is C17H25ClN2O3. The summed E-state index contributed by atoms with van der Waals surface area (Å²) in [6, 6.07) is 5.61. The fourth-order valence-electron chi connectivity index (χ4n) is 2.85. The second-order valence-corrected chi connectivity index (χ2v) is 5.73. The first-order chi connectivity index (χ1) is 10.5. The summed E-state index contributed by atoms with van der Waals surface area (Å²) < 4.78 is 5.32. The Kier molecular flexibility index (Phi) is 7.52. The Morgan fingerprint density at radius 1 is 1.39 bits per heavy atom. The molecular weight excluding hydrogens is 316 g/mol. The molecule has 1 aromatic carbocycles. The Bertz CT molecular complexity index is 563. The third-order valence-corrected chi connectivity index (χ3v) is 4.21. The van der Waals surface area contributed by atoms with Crippen LogP contribution >= 0.6 is 12.4 Å². The van der Waals surface area contributed by atoms with Crippen molar-refractivity contribution in [3.05, 3.63) is 29.3 Å². The number of halogens is 1. The predicted octanol–water partition coefficient (Wildman–Crippen LogP) is 2.07. The third kappa shape index (κ3) is 4.94. The summed E-state index contributed by atoms with van der Waals surface area (Å²) >= 11 is 0. The van der Waals surface area contributed by atoms with Crippen LogP contribution in [0, 0.1) is 0 Å². The van der Waals surface area contributed by atoms with Crippen molar-refractivity contribution in [2.24, 2.45) is 0 Å². The van der Waals surface area contributed by atoms with Gasteiger partial charge in [0.25, 0.3) is 0 Å². The molecule has 2 rings (SSSR count). The summed E-state index contributed by atoms with van der Waals surface area (Å²) in [5.41, 5.74) is 1.38. The second-order valence-electron chi connectivity index (χ2n) is 5.73. The van der Waals surface area contributed by atoms with E-state index in [-0.39, 0.29) is 30.5 Å². The van der Waals surface area contributed by atoms with Crippen molar-refractivity contribution in [2.75, 3.05) is 27.2 Å². The van der Waals surface area contributed by atoms with Crippen molar-refractivity contribution in [1.82, 2.24) is 10.2 Å². The third-order valence-electron chi connectivity index (χ3n) is 4.21. The second kappa shape index (κ2) is 8.89. The summed E-state index contributed by atoms with van der Waals surface area (Å²) in [5, 5.41) is 3.24. The average molecular weight is 341 g/mol. The number of carbonyl (C=O) groups excluding carboxylic acids is 2. The summed E-state index contributed by atoms with van der Waals surface area (Å²) in [4.78, 5) is 26.0. The highest BCUT2D eigenvalue weighted by atomic mass is 35.5. The van der Waals surface area contributed by atoms with Gasteiger partial charge in [-0.15, -0.1) is 12.4 Å². The van der Waals surface area contributed by atoms with Gasteiger partial charge in [-0.2, -0.15) is 0 Å². The number of hydrogen-bond acceptors (Lipinski definition) is 4. The van der Waals surface area contributed by atoms with E-state index in [1.165, 1.54) is 6.92 Å². The van der Waals surface area contributed by atoms with Crippen LogP contribution in [0.2, 0.25) is 0 Å². The van der Waals surface area contributed by atoms with E-state index < -0.39 is 0 Å². The standard InChI is InChI=1S/C17H24N2O3.ClH/c1-12(20)13-6-7-16(22-3)14(9-13)10-17(21)19-8-4-5-15(11-19)18-2;/h6-7,9,15,18H,4-5,8,10-11H2,1-3H3;1H. The van der Waals surface area contributed by atoms with E-state index in [1.807, 2.05) is 11.9 Å². The Morgan fingerprint density at radius 3 is 2.74 bits per heavy atom. The van der Waals surface area contributed by atoms with Crippen molar-refractivity contribution >= 4 is 24.1 Å². The van der Waals surface area contributed by atoms with Gasteiger partial charge in [-0.1, -0.05) is 0 Å². The molecule has 6 heteroatoms. The first kappa shape index (κ1) is 19.5. The van der Waals surface area contributed by atoms with E-state index in [4.69, 9.17) is 4.74 Å². The summed E-state index contributed by atoms with van der Waals surface area (Å²) in [7, 11) is 3.51. The molecule has 0 radical (unpaired) electrons. The zero-order valence-corrected chi connectivity index (χ0v) is 14.7. The summed E-state index contributed by atoms with van der Waals surface area (Å²) in [5.74, 6) is 0.726. The minimum Gasteiger partial charge on any atom is -0.496 e. The molecule has 1 N–H and O–H groups in total. The van der Waals surface area contributed by atoms with Crippen molar-refractivity contribution in [1.29, 1.82) is 0 Å². The van der Waals surface area contributed by atoms with Gasteiger partial charge in [0.1, 0.15) is 5.75 Å². The van der Waals surface area contributed by atoms with Crippen molar-refractivity contribution in [3.63, 3.8) is 0 Å². The molecule has 1 aromatic rings. The molecule has 0 aliphatic carbocycles. The van der Waals surface area contributed by atoms with Crippen molar-refractivity contribution in [3.8, 4) is 5.75 Å². The zero-order valence-electron chi connectivity index (χ0n) is 13.9. The molecule has 0 bridgehead atoms. The lowest BCUT2D eigenvalue weighted by atomic mass is 10.0. The van der Waals surface area contributed by atoms with Crippen LogP contribution in [0.1, 0.15) is 35.7 Å². The quantitative estimate of drug-likeness (QED) is 0.834. The number of piperidine rings is 1. The Morgan fingerprint density at radius 2 is 2.13 bits per heavy atom. The fourth-order valence-corrected chi connectivity index (χ4v) is 2.85. The van der Waals surface area contributed by atoms with Gasteiger partial charge < -0.3 is 15.0 Å². The van der Waals surface area contributed by atoms with Gasteiger partial charge in [-0.3, -0.25) is 9.59 Å². The SMILES string of the molecule is CNC1CCCN(C(=O)Cc2cc(C(C)=O)ccc2OC)C1.Cl. The molecule has 0 spiro atoms. The number of rotatable bonds is 5. The highest BCUT2D eigenvalue weighted by molar-refractivity contribution is 5.94. The number of nitrogens with one attached hydrogen (secondary N) is 1. The summed E-state index contributed by atoms with van der Waals surface area (Å²) in [6.07, 6.45) is 2.38. The maximum atomic E-state index is 12.5. The molecule has 1 unspecified atom stereocenters. The number of benzene rings is 1. The number of hydrogen-bond donors (Lipinski definition) is 1. The molecule has 128 valence electrons. The molecule has 0 saturated carbocycles. The maximum absolute atomic E-state index is 12.5. The number of ketones is 1. The molecule has 5 nitrogen and oxygen atoms in total. The van der Waals surface area contributed by atoms with E-state index in [2.05, 4.69) is 5.32 Å². The van der Waals surface area contributed by atoms with Gasteiger partial charge in [0.15, 0.2) is 5.78 Å². The van der Waals surface area contributed by atoms with Crippen molar-refractivity contribution in [2.45, 2.75) is 32.2 Å². The van der Waals surface area contributed by atoms with Crippen LogP contribution < -0.4 is 10.1 Å². The molecule has 1 amide bonds. The lowest BCUT2D eigenvalue weighted by Crippen LogP contribution is -2.47. The number of amides is 1. The smallest absolute Gasteiger partial charge is 0.227 e. The number of Topliss-reactive ketones (excluding diaryl/α,β-unsaturated/α-hetero) is 1. The Hall–Kier alpha value is -1.59. The Labute approximate surface area is 143 Å². The van der Waals surface area contributed by atoms with E-state index in [0.29, 0.717) is 17.4 Å². The predicted molar refractivity (Wildman–Crippen MR) is 92.6 cm³/mol. The van der Waals surface area contributed by atoms with Crippen LogP contribution in [0.25, 0.3) is 0 Å². The van der Waals surface area contributed by atoms with Crippen LogP contribution in [0.15, 0.2) is 18.2 Å². The fraction of sp³-hybridized carbons (Fsp3) is 0.529. The van der Waals surface area contributed by atoms with Gasteiger partial charge in [0.2, 0.25) is 5.91 Å². The minimum atomic E-state index is -0.00966. The lowest BCUT2D eigenvalue weighted by molar-refractivity contribution is -0.131. The summed E-state index contributed by atoms with van der Waals surface area (Å²) in [6.45, 7) is 3.06. The average Bonchev–Trinajstić information content (AvgIpc) is 2.54. The molecule has 1 atom stereocenters. The monoisotopic (exact) mass is 340 g/mol. The molecule has 23 heavy (non-hydrogen) atoms. The normalized spacial score (nSPS) is 17.3. The number of ether oxygens (including phenoxy) is 1. The maximum Gasteiger partial charge on any atom is 0.227 e. The van der Waals surface area contributed by atoms with Gasteiger partial charge in [-0.25, -0.2) is 0 Å². The number of carbonyl (C=O) groups is 2. The highest BCUT2D eigenvalue weighted by Gasteiger charge is 2.23. The number of methoxy groups -OCH3 is 1. The van der Waals surface area contributed by atoms with Crippen molar-refractivity contribution < 1.29 is 14.3 Å². The van der Waals surface area contributed by atoms with E-state index >= 15 is 0 Å². The van der Waals surface area contributed by atoms with E-state index in [1.54, 1.807) is 25.3 Å². The van der Waals surface area contributed by atoms with Crippen LogP contribution in [-0.2, 0) is 11.2 Å². The van der Waals surface area contributed by atoms with E-state index in [0.717, 1.165) is 31.5 Å². The number of likely N-dealkylation sites (N-methyl/N-ethyl adjacent to an activating group) is 1. The van der Waals surface area contributed by atoms with Crippen LogP contribution in [0.3, 0.4) is 0 Å². The van der Waals surface area contributed by atoms with E-state index in [9.17, 15) is 9.59 Å². The number of likely N-dealkylation sites (tertiary alicyclic amines) is 1. The Balaban J connectivity index is 0.00000264. The molecule has 1 aliphatic heterocycles. The van der Waals surface area contributed by atoms with Gasteiger partial charge in [0.05, 0.1) is 13.5 Å². The van der Waals surface area contributed by atoms with Crippen LogP contribution in [0.4, 0.5) is 0 Å². The largest absolute Gasteiger partial charge is 0.496 e. The van der Waals surface area contributed by atoms with Gasteiger partial charge in [0, 0.05) is 30.3 Å². The number of nitrogens with zero attached hydrogens (tertiary/aromatic N) is 1. The molecule has 0 aromatic heterocycles. The highest BCUT2D eigenvalue weighted by Crippen LogP contribution is 2.22.